The van der Waals surface area contributed by atoms with Crippen molar-refractivity contribution >= 4 is 11.2 Å². The zero-order valence-electron chi connectivity index (χ0n) is 11.0. The molecule has 0 aromatic carbocycles. The van der Waals surface area contributed by atoms with Gasteiger partial charge in [0.1, 0.15) is 5.65 Å². The molecule has 2 aromatic rings. The van der Waals surface area contributed by atoms with Crippen LogP contribution in [0.1, 0.15) is 26.2 Å². The Bertz CT molecular complexity index is 678. The Balaban J connectivity index is 2.61. The molecule has 0 radical (unpaired) electrons. The molecule has 0 fully saturated rings. The first-order chi connectivity index (χ1) is 8.57. The highest BCUT2D eigenvalue weighted by atomic mass is 16.2. The first-order valence-corrected chi connectivity index (χ1v) is 6.18. The van der Waals surface area contributed by atoms with Crippen LogP contribution in [0.2, 0.25) is 0 Å². The minimum absolute atomic E-state index is 0.271. The summed E-state index contributed by atoms with van der Waals surface area (Å²) in [6.45, 7) is 2.55. The molecular formula is C12H18N4O2. The van der Waals surface area contributed by atoms with Gasteiger partial charge in [-0.15, -0.1) is 0 Å². The predicted octanol–water partition coefficient (Wildman–Crippen LogP) is 0.624. The summed E-state index contributed by atoms with van der Waals surface area (Å²) in [5, 5.41) is 0. The maximum Gasteiger partial charge on any atom is 0.332 e. The first-order valence-electron chi connectivity index (χ1n) is 6.18. The Labute approximate surface area is 104 Å². The average molecular weight is 250 g/mol. The average Bonchev–Trinajstić information content (AvgIpc) is 2.73. The van der Waals surface area contributed by atoms with E-state index in [1.54, 1.807) is 25.0 Å². The van der Waals surface area contributed by atoms with Crippen LogP contribution < -0.4 is 11.2 Å². The minimum Gasteiger partial charge on any atom is -0.320 e. The molecule has 0 saturated heterocycles. The maximum atomic E-state index is 12.2. The van der Waals surface area contributed by atoms with Gasteiger partial charge in [-0.2, -0.15) is 0 Å². The van der Waals surface area contributed by atoms with E-state index in [9.17, 15) is 9.59 Å². The van der Waals surface area contributed by atoms with Gasteiger partial charge in [0.25, 0.3) is 5.56 Å². The number of aromatic nitrogens is 4. The Morgan fingerprint density at radius 2 is 1.94 bits per heavy atom. The van der Waals surface area contributed by atoms with E-state index < -0.39 is 0 Å². The van der Waals surface area contributed by atoms with Crippen LogP contribution in [-0.4, -0.2) is 18.7 Å². The van der Waals surface area contributed by atoms with Crippen LogP contribution in [0.15, 0.2) is 15.9 Å². The number of fused-ring (bicyclic) bond motifs is 1. The molecule has 6 heteroatoms. The van der Waals surface area contributed by atoms with Crippen LogP contribution >= 0.6 is 0 Å². The number of imidazole rings is 1. The van der Waals surface area contributed by atoms with Gasteiger partial charge in [0, 0.05) is 20.6 Å². The molecule has 6 nitrogen and oxygen atoms in total. The van der Waals surface area contributed by atoms with Crippen LogP contribution in [0.4, 0.5) is 0 Å². The molecule has 2 rings (SSSR count). The topological polar surface area (TPSA) is 61.8 Å². The van der Waals surface area contributed by atoms with Crippen LogP contribution in [0, 0.1) is 0 Å². The summed E-state index contributed by atoms with van der Waals surface area (Å²) in [5.41, 5.74) is 0.366. The third-order valence-corrected chi connectivity index (χ3v) is 3.17. The summed E-state index contributed by atoms with van der Waals surface area (Å²) in [5.74, 6) is 0. The zero-order valence-corrected chi connectivity index (χ0v) is 11.0. The number of aryl methyl sites for hydroxylation is 2. The Hall–Kier alpha value is -1.85. The fraction of sp³-hybridized carbons (Fsp3) is 0.583. The molecule has 0 aliphatic rings. The lowest BCUT2D eigenvalue weighted by atomic mass is 10.2. The van der Waals surface area contributed by atoms with E-state index in [4.69, 9.17) is 0 Å². The quantitative estimate of drug-likeness (QED) is 0.747. The molecule has 0 atom stereocenters. The summed E-state index contributed by atoms with van der Waals surface area (Å²) in [7, 11) is 3.44. The second kappa shape index (κ2) is 4.80. The van der Waals surface area contributed by atoms with Gasteiger partial charge in [0.2, 0.25) is 0 Å². The molecule has 98 valence electrons. The van der Waals surface area contributed by atoms with Crippen molar-refractivity contribution in [2.45, 2.75) is 32.7 Å². The van der Waals surface area contributed by atoms with Gasteiger partial charge in [-0.05, 0) is 6.42 Å². The third kappa shape index (κ3) is 1.87. The van der Waals surface area contributed by atoms with Crippen molar-refractivity contribution in [3.05, 3.63) is 27.2 Å². The SMILES string of the molecule is CCCCCn1c(=O)c2ncn(C)c2n(C)c1=O. The maximum absolute atomic E-state index is 12.2. The molecule has 0 spiro atoms. The lowest BCUT2D eigenvalue weighted by molar-refractivity contribution is 0.549. The van der Waals surface area contributed by atoms with Gasteiger partial charge >= 0.3 is 5.69 Å². The van der Waals surface area contributed by atoms with E-state index >= 15 is 0 Å². The largest absolute Gasteiger partial charge is 0.332 e. The Kier molecular flexibility index (Phi) is 3.36. The zero-order chi connectivity index (χ0) is 13.3. The molecule has 0 amide bonds. The first kappa shape index (κ1) is 12.6. The van der Waals surface area contributed by atoms with Crippen molar-refractivity contribution in [3.63, 3.8) is 0 Å². The van der Waals surface area contributed by atoms with E-state index in [0.29, 0.717) is 17.7 Å². The lowest BCUT2D eigenvalue weighted by Crippen LogP contribution is -2.39. The fourth-order valence-corrected chi connectivity index (χ4v) is 2.17. The molecular weight excluding hydrogens is 232 g/mol. The number of nitrogens with zero attached hydrogens (tertiary/aromatic N) is 4. The summed E-state index contributed by atoms with van der Waals surface area (Å²) in [6, 6.07) is 0. The van der Waals surface area contributed by atoms with Gasteiger partial charge in [-0.3, -0.25) is 13.9 Å². The monoisotopic (exact) mass is 250 g/mol. The van der Waals surface area contributed by atoms with Gasteiger partial charge < -0.3 is 4.57 Å². The lowest BCUT2D eigenvalue weighted by Gasteiger charge is -2.08. The van der Waals surface area contributed by atoms with Gasteiger partial charge in [-0.25, -0.2) is 9.78 Å². The van der Waals surface area contributed by atoms with Crippen LogP contribution in [0.5, 0.6) is 0 Å². The molecule has 0 bridgehead atoms. The highest BCUT2D eigenvalue weighted by molar-refractivity contribution is 5.69. The molecule has 2 heterocycles. The van der Waals surface area contributed by atoms with Crippen LogP contribution in [-0.2, 0) is 20.6 Å². The highest BCUT2D eigenvalue weighted by Gasteiger charge is 2.13. The molecule has 18 heavy (non-hydrogen) atoms. The van der Waals surface area contributed by atoms with E-state index in [2.05, 4.69) is 11.9 Å². The number of hydrogen-bond donors (Lipinski definition) is 0. The van der Waals surface area contributed by atoms with Crippen molar-refractivity contribution in [3.8, 4) is 0 Å². The van der Waals surface area contributed by atoms with Gasteiger partial charge in [0.15, 0.2) is 5.52 Å². The number of hydrogen-bond acceptors (Lipinski definition) is 3. The Morgan fingerprint density at radius 3 is 2.61 bits per heavy atom. The van der Waals surface area contributed by atoms with Gasteiger partial charge in [-0.1, -0.05) is 19.8 Å². The van der Waals surface area contributed by atoms with Crippen molar-refractivity contribution < 1.29 is 0 Å². The minimum atomic E-state index is -0.287. The van der Waals surface area contributed by atoms with Crippen molar-refractivity contribution in [2.24, 2.45) is 14.1 Å². The van der Waals surface area contributed by atoms with Crippen LogP contribution in [0.25, 0.3) is 11.2 Å². The molecule has 0 saturated carbocycles. The summed E-state index contributed by atoms with van der Waals surface area (Å²) >= 11 is 0. The van der Waals surface area contributed by atoms with E-state index in [1.165, 1.54) is 9.13 Å². The normalized spacial score (nSPS) is 11.3. The second-order valence-electron chi connectivity index (χ2n) is 4.53. The van der Waals surface area contributed by atoms with Gasteiger partial charge in [0.05, 0.1) is 6.33 Å². The second-order valence-corrected chi connectivity index (χ2v) is 4.53. The number of rotatable bonds is 4. The van der Waals surface area contributed by atoms with E-state index in [0.717, 1.165) is 19.3 Å². The fourth-order valence-electron chi connectivity index (χ4n) is 2.17. The predicted molar refractivity (Wildman–Crippen MR) is 69.7 cm³/mol. The van der Waals surface area contributed by atoms with Crippen LogP contribution in [0.3, 0.4) is 0 Å². The molecule has 0 unspecified atom stereocenters. The smallest absolute Gasteiger partial charge is 0.320 e. The highest BCUT2D eigenvalue weighted by Crippen LogP contribution is 2.03. The molecule has 0 aliphatic carbocycles. The molecule has 0 aliphatic heterocycles. The molecule has 0 N–H and O–H groups in total. The van der Waals surface area contributed by atoms with Crippen molar-refractivity contribution in [1.29, 1.82) is 0 Å². The Morgan fingerprint density at radius 1 is 1.22 bits per heavy atom. The van der Waals surface area contributed by atoms with Crippen molar-refractivity contribution in [1.82, 2.24) is 18.7 Å². The van der Waals surface area contributed by atoms with E-state index in [-0.39, 0.29) is 11.2 Å². The van der Waals surface area contributed by atoms with Crippen molar-refractivity contribution in [2.75, 3.05) is 0 Å². The standard InChI is InChI=1S/C12H18N4O2/c1-4-5-6-7-16-11(17)9-10(14(2)8-13-9)15(3)12(16)18/h8H,4-7H2,1-3H3. The summed E-state index contributed by atoms with van der Waals surface area (Å²) in [4.78, 5) is 28.4. The molecule has 2 aromatic heterocycles. The summed E-state index contributed by atoms with van der Waals surface area (Å²) < 4.78 is 4.45. The van der Waals surface area contributed by atoms with E-state index in [1.807, 2.05) is 0 Å². The summed E-state index contributed by atoms with van der Waals surface area (Å²) in [6.07, 6.45) is 4.46. The number of unbranched alkanes of at least 4 members (excludes halogenated alkanes) is 2. The third-order valence-electron chi connectivity index (χ3n) is 3.17.